The maximum Gasteiger partial charge on any atom is 0.368 e. The zero-order chi connectivity index (χ0) is 10.4. The quantitative estimate of drug-likeness (QED) is 0.649. The van der Waals surface area contributed by atoms with E-state index in [0.717, 1.165) is 12.0 Å². The van der Waals surface area contributed by atoms with E-state index in [4.69, 9.17) is 9.07 Å². The Morgan fingerprint density at radius 1 is 1.50 bits per heavy atom. The van der Waals surface area contributed by atoms with Crippen molar-refractivity contribution in [1.82, 2.24) is 0 Å². The smallest absolute Gasteiger partial charge is 0.368 e. The first kappa shape index (κ1) is 11.4. The summed E-state index contributed by atoms with van der Waals surface area (Å²) < 4.78 is 11.2. The minimum Gasteiger partial charge on any atom is -0.476 e. The van der Waals surface area contributed by atoms with Gasteiger partial charge >= 0.3 is 6.92 Å². The summed E-state index contributed by atoms with van der Waals surface area (Å²) in [5.74, 6) is 0. The molecule has 1 aromatic heterocycles. The van der Waals surface area contributed by atoms with Crippen LogP contribution in [0, 0.1) is 0 Å². The molecule has 0 fully saturated rings. The summed E-state index contributed by atoms with van der Waals surface area (Å²) in [4.78, 5) is 0. The van der Waals surface area contributed by atoms with Crippen molar-refractivity contribution >= 4 is 12.6 Å². The van der Waals surface area contributed by atoms with E-state index < -0.39 is 0 Å². The number of unbranched alkanes of at least 4 members (excludes halogenated alkanes) is 1. The summed E-state index contributed by atoms with van der Waals surface area (Å²) in [6.45, 7) is 6.43. The summed E-state index contributed by atoms with van der Waals surface area (Å²) in [6, 6.07) is 3.90. The molecule has 0 aliphatic rings. The topological polar surface area (TPSA) is 22.4 Å². The van der Waals surface area contributed by atoms with E-state index in [1.165, 1.54) is 12.8 Å². The van der Waals surface area contributed by atoms with Crippen LogP contribution < -0.4 is 5.66 Å². The second kappa shape index (κ2) is 5.92. The van der Waals surface area contributed by atoms with E-state index in [-0.39, 0.29) is 13.0 Å². The van der Waals surface area contributed by atoms with E-state index in [2.05, 4.69) is 20.8 Å². The van der Waals surface area contributed by atoms with Crippen LogP contribution in [0.2, 0.25) is 6.32 Å². The molecule has 0 aliphatic heterocycles. The summed E-state index contributed by atoms with van der Waals surface area (Å²) >= 11 is 0. The lowest BCUT2D eigenvalue weighted by Crippen LogP contribution is -2.34. The zero-order valence-corrected chi connectivity index (χ0v) is 9.32. The SMILES string of the molecule is CCCCB(OC(C)C)c1ccco1. The lowest BCUT2D eigenvalue weighted by molar-refractivity contribution is 0.244. The fraction of sp³-hybridized carbons (Fsp3) is 0.636. The minimum atomic E-state index is 0.130. The van der Waals surface area contributed by atoms with Gasteiger partial charge in [-0.3, -0.25) is 0 Å². The number of furan rings is 1. The van der Waals surface area contributed by atoms with Crippen LogP contribution in [0.4, 0.5) is 0 Å². The molecule has 0 N–H and O–H groups in total. The fourth-order valence-corrected chi connectivity index (χ4v) is 1.47. The van der Waals surface area contributed by atoms with Crippen LogP contribution in [0.3, 0.4) is 0 Å². The molecule has 1 aromatic rings. The highest BCUT2D eigenvalue weighted by molar-refractivity contribution is 6.66. The van der Waals surface area contributed by atoms with Crippen molar-refractivity contribution in [3.63, 3.8) is 0 Å². The normalized spacial score (nSPS) is 10.9. The molecule has 14 heavy (non-hydrogen) atoms. The summed E-state index contributed by atoms with van der Waals surface area (Å²) in [7, 11) is 0. The Morgan fingerprint density at radius 2 is 2.29 bits per heavy atom. The molecule has 0 spiro atoms. The third-order valence-corrected chi connectivity index (χ3v) is 2.12. The van der Waals surface area contributed by atoms with Gasteiger partial charge in [0.25, 0.3) is 0 Å². The molecular weight excluding hydrogens is 175 g/mol. The molecule has 0 aromatic carbocycles. The average molecular weight is 194 g/mol. The van der Waals surface area contributed by atoms with E-state index in [0.29, 0.717) is 0 Å². The number of hydrogen-bond acceptors (Lipinski definition) is 2. The lowest BCUT2D eigenvalue weighted by atomic mass is 9.61. The van der Waals surface area contributed by atoms with Gasteiger partial charge < -0.3 is 9.07 Å². The summed E-state index contributed by atoms with van der Waals surface area (Å²) in [5.41, 5.74) is 0.951. The van der Waals surface area contributed by atoms with Crippen molar-refractivity contribution in [3.8, 4) is 0 Å². The molecule has 0 saturated carbocycles. The maximum absolute atomic E-state index is 5.80. The Labute approximate surface area is 86.8 Å². The Balaban J connectivity index is 2.53. The molecule has 2 nitrogen and oxygen atoms in total. The molecule has 0 unspecified atom stereocenters. The predicted molar refractivity (Wildman–Crippen MR) is 60.0 cm³/mol. The van der Waals surface area contributed by atoms with Crippen molar-refractivity contribution < 1.29 is 9.07 Å². The first-order valence-corrected chi connectivity index (χ1v) is 5.43. The first-order valence-electron chi connectivity index (χ1n) is 5.43. The molecule has 1 heterocycles. The highest BCUT2D eigenvalue weighted by atomic mass is 16.5. The Kier molecular flexibility index (Phi) is 4.81. The van der Waals surface area contributed by atoms with Crippen molar-refractivity contribution in [2.75, 3.05) is 0 Å². The average Bonchev–Trinajstić information content (AvgIpc) is 2.64. The van der Waals surface area contributed by atoms with Gasteiger partial charge in [-0.2, -0.15) is 0 Å². The molecule has 3 heteroatoms. The molecule has 0 amide bonds. The van der Waals surface area contributed by atoms with E-state index in [9.17, 15) is 0 Å². The van der Waals surface area contributed by atoms with Crippen LogP contribution in [0.25, 0.3) is 0 Å². The van der Waals surface area contributed by atoms with Gasteiger partial charge in [-0.1, -0.05) is 19.8 Å². The molecule has 0 bridgehead atoms. The predicted octanol–water partition coefficient (Wildman–Crippen LogP) is 2.70. The highest BCUT2D eigenvalue weighted by Crippen LogP contribution is 2.06. The van der Waals surface area contributed by atoms with E-state index in [1.807, 2.05) is 12.1 Å². The van der Waals surface area contributed by atoms with Crippen molar-refractivity contribution in [3.05, 3.63) is 18.4 Å². The standard InChI is InChI=1S/C11H19BO2/c1-4-5-8-12(14-10(2)3)11-7-6-9-13-11/h6-7,9-10H,4-5,8H2,1-3H3. The number of rotatable bonds is 6. The Bertz CT molecular complexity index is 231. The first-order chi connectivity index (χ1) is 6.74. The van der Waals surface area contributed by atoms with Crippen molar-refractivity contribution in [1.29, 1.82) is 0 Å². The van der Waals surface area contributed by atoms with Crippen LogP contribution in [-0.2, 0) is 4.65 Å². The fourth-order valence-electron chi connectivity index (χ4n) is 1.47. The Hall–Kier alpha value is -0.695. The van der Waals surface area contributed by atoms with Gasteiger partial charge in [-0.15, -0.1) is 0 Å². The Morgan fingerprint density at radius 3 is 2.79 bits per heavy atom. The highest BCUT2D eigenvalue weighted by Gasteiger charge is 2.22. The van der Waals surface area contributed by atoms with Crippen molar-refractivity contribution in [2.24, 2.45) is 0 Å². The number of hydrogen-bond donors (Lipinski definition) is 0. The molecule has 0 radical (unpaired) electrons. The molecule has 78 valence electrons. The molecule has 0 saturated heterocycles. The summed E-state index contributed by atoms with van der Waals surface area (Å²) in [5, 5.41) is 0. The van der Waals surface area contributed by atoms with E-state index >= 15 is 0 Å². The molecular formula is C11H19BO2. The van der Waals surface area contributed by atoms with Gasteiger partial charge in [0.1, 0.15) is 0 Å². The maximum atomic E-state index is 5.80. The van der Waals surface area contributed by atoms with E-state index in [1.54, 1.807) is 6.26 Å². The zero-order valence-electron chi connectivity index (χ0n) is 9.32. The minimum absolute atomic E-state index is 0.130. The van der Waals surface area contributed by atoms with Crippen LogP contribution in [0.1, 0.15) is 33.6 Å². The van der Waals surface area contributed by atoms with Gasteiger partial charge in [-0.25, -0.2) is 0 Å². The van der Waals surface area contributed by atoms with Gasteiger partial charge in [0, 0.05) is 6.10 Å². The van der Waals surface area contributed by atoms with Crippen LogP contribution in [0.15, 0.2) is 22.8 Å². The monoisotopic (exact) mass is 194 g/mol. The molecule has 0 atom stereocenters. The third-order valence-electron chi connectivity index (χ3n) is 2.12. The van der Waals surface area contributed by atoms with Crippen LogP contribution >= 0.6 is 0 Å². The van der Waals surface area contributed by atoms with Crippen LogP contribution in [0.5, 0.6) is 0 Å². The molecule has 1 rings (SSSR count). The summed E-state index contributed by atoms with van der Waals surface area (Å²) in [6.07, 6.45) is 5.37. The largest absolute Gasteiger partial charge is 0.476 e. The molecule has 0 aliphatic carbocycles. The van der Waals surface area contributed by atoms with Crippen LogP contribution in [-0.4, -0.2) is 13.0 Å². The van der Waals surface area contributed by atoms with Gasteiger partial charge in [0.15, 0.2) is 0 Å². The van der Waals surface area contributed by atoms with Gasteiger partial charge in [-0.05, 0) is 32.3 Å². The van der Waals surface area contributed by atoms with Crippen molar-refractivity contribution in [2.45, 2.75) is 46.0 Å². The third kappa shape index (κ3) is 3.58. The lowest BCUT2D eigenvalue weighted by Gasteiger charge is -2.14. The second-order valence-corrected chi connectivity index (χ2v) is 3.83. The second-order valence-electron chi connectivity index (χ2n) is 3.83. The van der Waals surface area contributed by atoms with Gasteiger partial charge in [0.2, 0.25) is 0 Å². The van der Waals surface area contributed by atoms with Gasteiger partial charge in [0.05, 0.1) is 11.9 Å².